The van der Waals surface area contributed by atoms with Crippen LogP contribution in [0.15, 0.2) is 0 Å². The summed E-state index contributed by atoms with van der Waals surface area (Å²) in [7, 11) is 0. The van der Waals surface area contributed by atoms with Crippen molar-refractivity contribution < 1.29 is 20.1 Å². The fourth-order valence-corrected chi connectivity index (χ4v) is 11.1. The smallest absolute Gasteiger partial charge is 0.0865 e. The fraction of sp³-hybridized carbons (Fsp3) is 1.00. The van der Waals surface area contributed by atoms with E-state index in [1.54, 1.807) is 0 Å². The van der Waals surface area contributed by atoms with Crippen LogP contribution < -0.4 is 0 Å². The second-order valence-corrected chi connectivity index (χ2v) is 15.4. The van der Waals surface area contributed by atoms with Gasteiger partial charge in [-0.3, -0.25) is 0 Å². The fourth-order valence-electron chi connectivity index (χ4n) is 11.1. The molecular weight excluding hydrogens is 424 g/mol. The molecule has 196 valence electrons. The molecule has 0 bridgehead atoms. The molecule has 4 heteroatoms. The number of aliphatic hydroxyl groups is 3. The summed E-state index contributed by atoms with van der Waals surface area (Å²) < 4.78 is 6.66. The van der Waals surface area contributed by atoms with E-state index in [0.717, 1.165) is 44.9 Å². The van der Waals surface area contributed by atoms with Crippen LogP contribution in [0.25, 0.3) is 0 Å². The number of ether oxygens (including phenoxy) is 1. The van der Waals surface area contributed by atoms with Crippen molar-refractivity contribution in [3.05, 3.63) is 0 Å². The van der Waals surface area contributed by atoms with Crippen molar-refractivity contribution in [2.75, 3.05) is 0 Å². The molecule has 4 nitrogen and oxygen atoms in total. The van der Waals surface area contributed by atoms with Gasteiger partial charge in [-0.2, -0.15) is 0 Å². The molecule has 34 heavy (non-hydrogen) atoms. The average Bonchev–Trinajstić information content (AvgIpc) is 3.30. The van der Waals surface area contributed by atoms with Gasteiger partial charge in [-0.05, 0) is 124 Å². The van der Waals surface area contributed by atoms with Crippen LogP contribution in [0.5, 0.6) is 0 Å². The lowest BCUT2D eigenvalue weighted by molar-refractivity contribution is -0.248. The second kappa shape index (κ2) is 7.45. The topological polar surface area (TPSA) is 69.9 Å². The Balaban J connectivity index is 1.48. The largest absolute Gasteiger partial charge is 0.393 e. The Kier molecular flexibility index (Phi) is 5.59. The Morgan fingerprint density at radius 3 is 2.03 bits per heavy atom. The molecule has 4 aliphatic carbocycles. The number of hydrogen-bond acceptors (Lipinski definition) is 4. The third kappa shape index (κ3) is 3.16. The van der Waals surface area contributed by atoms with Crippen LogP contribution >= 0.6 is 0 Å². The molecule has 0 spiro atoms. The first-order chi connectivity index (χ1) is 15.5. The number of fused-ring (bicyclic) bond motifs is 5. The third-order valence-corrected chi connectivity index (χ3v) is 13.3. The minimum absolute atomic E-state index is 0.0630. The molecular formula is C30H52O4. The predicted octanol–water partition coefficient (Wildman–Crippen LogP) is 5.71. The minimum atomic E-state index is -0.826. The quantitative estimate of drug-likeness (QED) is 0.477. The van der Waals surface area contributed by atoms with Crippen LogP contribution in [-0.2, 0) is 4.74 Å². The monoisotopic (exact) mass is 476 g/mol. The molecule has 0 unspecified atom stereocenters. The maximum Gasteiger partial charge on any atom is 0.0865 e. The standard InChI is InChI=1S/C30H52O4/c1-25(2)20-10-15-28(6)21(27(20,5)13-11-22(25)32)17-19(31)24-18(9-14-29(24,28)7)30(8)16-12-23(34-30)26(3,4)33/h18-24,31-33H,9-17H2,1-8H3/t18-,19+,20-,21+,22+,23+,24-,27-,28+,29+,30-/m0/s1. The zero-order valence-corrected chi connectivity index (χ0v) is 23.2. The molecule has 3 N–H and O–H groups in total. The average molecular weight is 477 g/mol. The van der Waals surface area contributed by atoms with E-state index >= 15 is 0 Å². The van der Waals surface area contributed by atoms with E-state index in [4.69, 9.17) is 4.74 Å². The molecule has 5 rings (SSSR count). The van der Waals surface area contributed by atoms with E-state index in [1.165, 1.54) is 12.8 Å². The predicted molar refractivity (Wildman–Crippen MR) is 135 cm³/mol. The Hall–Kier alpha value is -0.160. The lowest BCUT2D eigenvalue weighted by Gasteiger charge is -2.70. The number of hydrogen-bond donors (Lipinski definition) is 3. The van der Waals surface area contributed by atoms with E-state index < -0.39 is 5.60 Å². The highest BCUT2D eigenvalue weighted by atomic mass is 16.5. The van der Waals surface area contributed by atoms with Gasteiger partial charge in [0.1, 0.15) is 0 Å². The highest BCUT2D eigenvalue weighted by molar-refractivity contribution is 5.20. The Morgan fingerprint density at radius 2 is 1.41 bits per heavy atom. The van der Waals surface area contributed by atoms with Gasteiger partial charge >= 0.3 is 0 Å². The van der Waals surface area contributed by atoms with E-state index in [2.05, 4.69) is 41.5 Å². The summed E-state index contributed by atoms with van der Waals surface area (Å²) in [5.41, 5.74) is -0.703. The minimum Gasteiger partial charge on any atom is -0.393 e. The van der Waals surface area contributed by atoms with E-state index in [0.29, 0.717) is 17.8 Å². The van der Waals surface area contributed by atoms with Gasteiger partial charge in [-0.15, -0.1) is 0 Å². The molecule has 0 aromatic carbocycles. The van der Waals surface area contributed by atoms with Gasteiger partial charge in [-0.25, -0.2) is 0 Å². The molecule has 1 heterocycles. The van der Waals surface area contributed by atoms with E-state index in [9.17, 15) is 15.3 Å². The van der Waals surface area contributed by atoms with Crippen molar-refractivity contribution >= 4 is 0 Å². The SMILES string of the molecule is CC(C)(O)[C@H]1CC[C@@](C)([C@H]2CC[C@]3(C)[C@@H]2[C@H](O)C[C@@H]2[C@@]4(C)CC[C@@H](O)C(C)(C)[C@@H]4CC[C@]23C)O1. The van der Waals surface area contributed by atoms with Crippen LogP contribution in [0.4, 0.5) is 0 Å². The Morgan fingerprint density at radius 1 is 0.765 bits per heavy atom. The summed E-state index contributed by atoms with van der Waals surface area (Å²) >= 11 is 0. The van der Waals surface area contributed by atoms with Crippen LogP contribution in [0.3, 0.4) is 0 Å². The zero-order valence-electron chi connectivity index (χ0n) is 23.2. The molecule has 5 aliphatic rings. The van der Waals surface area contributed by atoms with Crippen LogP contribution in [-0.4, -0.2) is 44.8 Å². The summed E-state index contributed by atoms with van der Waals surface area (Å²) in [4.78, 5) is 0. The summed E-state index contributed by atoms with van der Waals surface area (Å²) in [5, 5.41) is 33.4. The molecule has 1 aliphatic heterocycles. The Labute approximate surface area is 208 Å². The van der Waals surface area contributed by atoms with E-state index in [1.807, 2.05) is 13.8 Å². The van der Waals surface area contributed by atoms with Crippen molar-refractivity contribution in [1.82, 2.24) is 0 Å². The zero-order chi connectivity index (χ0) is 25.1. The van der Waals surface area contributed by atoms with Gasteiger partial charge in [0.05, 0.1) is 29.5 Å². The van der Waals surface area contributed by atoms with Gasteiger partial charge in [0.15, 0.2) is 0 Å². The molecule has 0 aromatic rings. The summed E-state index contributed by atoms with van der Waals surface area (Å²) in [6.45, 7) is 18.1. The summed E-state index contributed by atoms with van der Waals surface area (Å²) in [6.07, 6.45) is 8.72. The number of rotatable bonds is 2. The molecule has 0 aromatic heterocycles. The molecule has 1 saturated heterocycles. The highest BCUT2D eigenvalue weighted by Gasteiger charge is 2.71. The molecule has 11 atom stereocenters. The third-order valence-electron chi connectivity index (χ3n) is 13.3. The maximum absolute atomic E-state index is 11.9. The molecule has 5 fully saturated rings. The van der Waals surface area contributed by atoms with Crippen LogP contribution in [0, 0.1) is 45.3 Å². The van der Waals surface area contributed by atoms with Gasteiger partial charge in [0, 0.05) is 0 Å². The van der Waals surface area contributed by atoms with Crippen molar-refractivity contribution in [2.24, 2.45) is 45.3 Å². The summed E-state index contributed by atoms with van der Waals surface area (Å²) in [6, 6.07) is 0. The Bertz CT molecular complexity index is 817. The summed E-state index contributed by atoms with van der Waals surface area (Å²) in [5.74, 6) is 1.59. The highest BCUT2D eigenvalue weighted by Crippen LogP contribution is 2.76. The van der Waals surface area contributed by atoms with Crippen LogP contribution in [0.2, 0.25) is 0 Å². The lowest BCUT2D eigenvalue weighted by Crippen LogP contribution is -2.66. The van der Waals surface area contributed by atoms with Crippen molar-refractivity contribution in [1.29, 1.82) is 0 Å². The van der Waals surface area contributed by atoms with Crippen molar-refractivity contribution in [2.45, 2.75) is 143 Å². The first kappa shape index (κ1) is 25.5. The van der Waals surface area contributed by atoms with Crippen molar-refractivity contribution in [3.63, 3.8) is 0 Å². The second-order valence-electron chi connectivity index (χ2n) is 15.4. The van der Waals surface area contributed by atoms with Gasteiger partial charge < -0.3 is 20.1 Å². The molecule has 4 saturated carbocycles. The first-order valence-corrected chi connectivity index (χ1v) is 14.3. The molecule has 0 radical (unpaired) electrons. The normalized spacial score (nSPS) is 57.1. The van der Waals surface area contributed by atoms with E-state index in [-0.39, 0.29) is 51.5 Å². The van der Waals surface area contributed by atoms with Gasteiger partial charge in [0.25, 0.3) is 0 Å². The first-order valence-electron chi connectivity index (χ1n) is 14.3. The number of aliphatic hydroxyl groups excluding tert-OH is 2. The molecule has 0 amide bonds. The van der Waals surface area contributed by atoms with Crippen molar-refractivity contribution in [3.8, 4) is 0 Å². The van der Waals surface area contributed by atoms with Gasteiger partial charge in [0.2, 0.25) is 0 Å². The lowest BCUT2D eigenvalue weighted by atomic mass is 9.35. The van der Waals surface area contributed by atoms with Crippen LogP contribution in [0.1, 0.15) is 113 Å². The maximum atomic E-state index is 11.9. The van der Waals surface area contributed by atoms with Gasteiger partial charge in [-0.1, -0.05) is 34.6 Å².